The van der Waals surface area contributed by atoms with Gasteiger partial charge in [-0.15, -0.1) is 0 Å². The summed E-state index contributed by atoms with van der Waals surface area (Å²) in [5.74, 6) is 5.42. The zero-order valence-electron chi connectivity index (χ0n) is 17.0. The van der Waals surface area contributed by atoms with Gasteiger partial charge in [0.2, 0.25) is 0 Å². The first kappa shape index (κ1) is 19.2. The first-order valence-electron chi connectivity index (χ1n) is 11.4. The van der Waals surface area contributed by atoms with E-state index in [0.717, 1.165) is 30.3 Å². The van der Waals surface area contributed by atoms with Crippen LogP contribution >= 0.6 is 0 Å². The van der Waals surface area contributed by atoms with Crippen molar-refractivity contribution in [2.24, 2.45) is 34.6 Å². The van der Waals surface area contributed by atoms with Gasteiger partial charge in [-0.05, 0) is 62.2 Å². The van der Waals surface area contributed by atoms with Crippen molar-refractivity contribution in [3.63, 3.8) is 0 Å². The molecule has 2 nitrogen and oxygen atoms in total. The van der Waals surface area contributed by atoms with E-state index >= 15 is 0 Å². The van der Waals surface area contributed by atoms with Crippen LogP contribution < -0.4 is 0 Å². The number of nitrogens with zero attached hydrogens (tertiary/aromatic N) is 1. The monoisotopic (exact) mass is 347 g/mol. The van der Waals surface area contributed by atoms with Crippen molar-refractivity contribution in [1.29, 1.82) is 0 Å². The lowest BCUT2D eigenvalue weighted by Gasteiger charge is -2.37. The van der Waals surface area contributed by atoms with Crippen molar-refractivity contribution < 1.29 is 4.74 Å². The molecule has 144 valence electrons. The topological polar surface area (TPSA) is 21.6 Å². The average Bonchev–Trinajstić information content (AvgIpc) is 3.13. The van der Waals surface area contributed by atoms with E-state index < -0.39 is 0 Å². The fourth-order valence-corrected chi connectivity index (χ4v) is 5.44. The summed E-state index contributed by atoms with van der Waals surface area (Å²) in [5, 5.41) is 0. The molecule has 2 heteroatoms. The van der Waals surface area contributed by atoms with E-state index in [1.54, 1.807) is 0 Å². The second kappa shape index (κ2) is 9.42. The Morgan fingerprint density at radius 1 is 0.920 bits per heavy atom. The summed E-state index contributed by atoms with van der Waals surface area (Å²) in [6.07, 6.45) is 17.3. The molecule has 0 N–H and O–H groups in total. The van der Waals surface area contributed by atoms with Gasteiger partial charge in [-0.3, -0.25) is 0 Å². The van der Waals surface area contributed by atoms with Gasteiger partial charge in [0.1, 0.15) is 6.61 Å². The molecule has 0 unspecified atom stereocenters. The van der Waals surface area contributed by atoms with Crippen LogP contribution in [-0.2, 0) is 4.74 Å². The van der Waals surface area contributed by atoms with E-state index in [1.807, 2.05) is 0 Å². The molecule has 2 aliphatic carbocycles. The Labute approximate surface area is 156 Å². The van der Waals surface area contributed by atoms with Crippen LogP contribution in [0, 0.1) is 29.6 Å². The Hall–Kier alpha value is -0.530. The third-order valence-corrected chi connectivity index (χ3v) is 7.36. The highest BCUT2D eigenvalue weighted by molar-refractivity contribution is 5.80. The number of rotatable bonds is 7. The second-order valence-electron chi connectivity index (χ2n) is 9.48. The first-order valence-corrected chi connectivity index (χ1v) is 11.4. The number of ether oxygens (including phenoxy) is 1. The smallest absolute Gasteiger partial charge is 0.186 e. The Morgan fingerprint density at radius 2 is 1.56 bits per heavy atom. The lowest BCUT2D eigenvalue weighted by Crippen LogP contribution is -2.28. The molecule has 3 aliphatic rings. The molecule has 1 heterocycles. The normalized spacial score (nSPS) is 36.3. The first-order chi connectivity index (χ1) is 12.2. The maximum Gasteiger partial charge on any atom is 0.186 e. The summed E-state index contributed by atoms with van der Waals surface area (Å²) in [7, 11) is 0. The van der Waals surface area contributed by atoms with Gasteiger partial charge in [-0.1, -0.05) is 59.3 Å². The van der Waals surface area contributed by atoms with Crippen molar-refractivity contribution in [3.05, 3.63) is 0 Å². The number of unbranched alkanes of at least 4 members (excludes halogenated alkanes) is 2. The molecule has 2 fully saturated rings. The number of hydrogen-bond acceptors (Lipinski definition) is 2. The lowest BCUT2D eigenvalue weighted by atomic mass is 9.68. The van der Waals surface area contributed by atoms with Gasteiger partial charge in [0, 0.05) is 5.92 Å². The van der Waals surface area contributed by atoms with Gasteiger partial charge in [0.25, 0.3) is 0 Å². The largest absolute Gasteiger partial charge is 0.478 e. The average molecular weight is 348 g/mol. The quantitative estimate of drug-likeness (QED) is 0.473. The molecule has 1 aliphatic heterocycles. The molecule has 25 heavy (non-hydrogen) atoms. The van der Waals surface area contributed by atoms with Crippen LogP contribution in [-0.4, -0.2) is 18.5 Å². The minimum absolute atomic E-state index is 0.413. The van der Waals surface area contributed by atoms with Gasteiger partial charge < -0.3 is 4.74 Å². The van der Waals surface area contributed by atoms with Crippen LogP contribution in [0.1, 0.15) is 97.8 Å². The molecule has 0 bridgehead atoms. The lowest BCUT2D eigenvalue weighted by molar-refractivity contribution is 0.149. The molecule has 0 aromatic rings. The third-order valence-electron chi connectivity index (χ3n) is 7.36. The van der Waals surface area contributed by atoms with Gasteiger partial charge in [0.05, 0.1) is 6.04 Å². The predicted molar refractivity (Wildman–Crippen MR) is 107 cm³/mol. The van der Waals surface area contributed by atoms with Crippen molar-refractivity contribution in [2.45, 2.75) is 104 Å². The van der Waals surface area contributed by atoms with Crippen molar-refractivity contribution in [1.82, 2.24) is 0 Å². The maximum atomic E-state index is 5.96. The SMILES string of the molecule is CCCCC[C@H]1CC[C@H]([C@H]2CC[C@H](C3=N[C@@H](C(C)C)CO3)CC2)CC1. The van der Waals surface area contributed by atoms with Crippen LogP contribution in [0.25, 0.3) is 0 Å². The number of aliphatic imine (C=N–C) groups is 1. The molecular formula is C23H41NO. The van der Waals surface area contributed by atoms with Crippen molar-refractivity contribution >= 4 is 5.90 Å². The van der Waals surface area contributed by atoms with E-state index in [2.05, 4.69) is 20.8 Å². The second-order valence-corrected chi connectivity index (χ2v) is 9.48. The Balaban J connectivity index is 1.38. The minimum atomic E-state index is 0.413. The van der Waals surface area contributed by atoms with Crippen LogP contribution in [0.5, 0.6) is 0 Å². The fraction of sp³-hybridized carbons (Fsp3) is 0.957. The highest BCUT2D eigenvalue weighted by Crippen LogP contribution is 2.43. The standard InChI is InChI=1S/C23H41NO/c1-4-5-6-7-18-8-10-19(11-9-18)20-12-14-21(15-13-20)23-24-22(16-25-23)17(2)3/h17-22H,4-16H2,1-3H3/t18-,19-,20-,21-,22-/m1/s1. The van der Waals surface area contributed by atoms with E-state index in [0.29, 0.717) is 17.9 Å². The van der Waals surface area contributed by atoms with E-state index in [4.69, 9.17) is 9.73 Å². The zero-order chi connectivity index (χ0) is 17.6. The van der Waals surface area contributed by atoms with Crippen LogP contribution in [0.15, 0.2) is 4.99 Å². The Bertz CT molecular complexity index is 414. The third kappa shape index (κ3) is 5.23. The molecule has 1 atom stereocenters. The highest BCUT2D eigenvalue weighted by atomic mass is 16.5. The van der Waals surface area contributed by atoms with Gasteiger partial charge >= 0.3 is 0 Å². The van der Waals surface area contributed by atoms with Gasteiger partial charge in [0.15, 0.2) is 5.90 Å². The molecule has 0 aromatic heterocycles. The molecule has 0 aromatic carbocycles. The summed E-state index contributed by atoms with van der Waals surface area (Å²) >= 11 is 0. The van der Waals surface area contributed by atoms with Crippen LogP contribution in [0.4, 0.5) is 0 Å². The molecule has 0 radical (unpaired) electrons. The van der Waals surface area contributed by atoms with Crippen molar-refractivity contribution in [2.75, 3.05) is 6.61 Å². The summed E-state index contributed by atoms with van der Waals surface area (Å²) in [6.45, 7) is 7.67. The maximum absolute atomic E-state index is 5.96. The van der Waals surface area contributed by atoms with E-state index in [1.165, 1.54) is 77.0 Å². The Kier molecular flexibility index (Phi) is 7.25. The minimum Gasteiger partial charge on any atom is -0.478 e. The zero-order valence-corrected chi connectivity index (χ0v) is 17.0. The molecule has 0 amide bonds. The number of hydrogen-bond donors (Lipinski definition) is 0. The van der Waals surface area contributed by atoms with Crippen LogP contribution in [0.3, 0.4) is 0 Å². The summed E-state index contributed by atoms with van der Waals surface area (Å²) in [5.41, 5.74) is 0. The van der Waals surface area contributed by atoms with E-state index in [-0.39, 0.29) is 0 Å². The molecule has 0 spiro atoms. The molecule has 0 saturated heterocycles. The Morgan fingerprint density at radius 3 is 2.12 bits per heavy atom. The predicted octanol–water partition coefficient (Wildman–Crippen LogP) is 6.63. The van der Waals surface area contributed by atoms with Crippen LogP contribution in [0.2, 0.25) is 0 Å². The summed E-state index contributed by atoms with van der Waals surface area (Å²) in [6, 6.07) is 0.413. The van der Waals surface area contributed by atoms with Crippen molar-refractivity contribution in [3.8, 4) is 0 Å². The highest BCUT2D eigenvalue weighted by Gasteiger charge is 2.34. The van der Waals surface area contributed by atoms with Gasteiger partial charge in [-0.2, -0.15) is 0 Å². The summed E-state index contributed by atoms with van der Waals surface area (Å²) in [4.78, 5) is 4.89. The van der Waals surface area contributed by atoms with E-state index in [9.17, 15) is 0 Å². The summed E-state index contributed by atoms with van der Waals surface area (Å²) < 4.78 is 5.96. The molecule has 3 rings (SSSR count). The van der Waals surface area contributed by atoms with Gasteiger partial charge in [-0.25, -0.2) is 4.99 Å². The molecular weight excluding hydrogens is 306 g/mol. The fourth-order valence-electron chi connectivity index (χ4n) is 5.44. The molecule has 2 saturated carbocycles.